The number of thiocarbonyl (C=S) groups is 1. The average Bonchev–Trinajstić information content (AvgIpc) is 2.40. The normalized spacial score (nSPS) is 9.79. The standard InChI is InChI=1S/C14H14ClN3S/c1-10-4-2-3-5-13(10)17-18-14(19)16-12-8-6-11(15)7-9-12/h2-9,17H,1H3,(H2,16,18,19). The average molecular weight is 292 g/mol. The van der Waals surface area contributed by atoms with Crippen molar-refractivity contribution in [2.75, 3.05) is 10.7 Å². The van der Waals surface area contributed by atoms with E-state index < -0.39 is 0 Å². The van der Waals surface area contributed by atoms with Crippen LogP contribution in [0.25, 0.3) is 0 Å². The Bertz CT molecular complexity index is 569. The highest BCUT2D eigenvalue weighted by molar-refractivity contribution is 7.80. The molecule has 0 bridgehead atoms. The summed E-state index contributed by atoms with van der Waals surface area (Å²) < 4.78 is 0. The van der Waals surface area contributed by atoms with Gasteiger partial charge in [0.05, 0.1) is 5.69 Å². The lowest BCUT2D eigenvalue weighted by molar-refractivity contribution is 1.13. The van der Waals surface area contributed by atoms with E-state index in [2.05, 4.69) is 16.2 Å². The van der Waals surface area contributed by atoms with Crippen molar-refractivity contribution < 1.29 is 0 Å². The molecule has 19 heavy (non-hydrogen) atoms. The topological polar surface area (TPSA) is 36.1 Å². The van der Waals surface area contributed by atoms with Crippen LogP contribution in [-0.2, 0) is 0 Å². The molecule has 2 aromatic rings. The number of anilines is 2. The van der Waals surface area contributed by atoms with Crippen LogP contribution in [0.4, 0.5) is 11.4 Å². The summed E-state index contributed by atoms with van der Waals surface area (Å²) in [6.45, 7) is 2.03. The Hall–Kier alpha value is -1.78. The molecule has 0 aliphatic heterocycles. The largest absolute Gasteiger partial charge is 0.331 e. The maximum absolute atomic E-state index is 5.82. The number of hydrogen-bond acceptors (Lipinski definition) is 2. The first-order valence-electron chi connectivity index (χ1n) is 5.79. The number of halogens is 1. The SMILES string of the molecule is Cc1ccccc1NNC(=S)Nc1ccc(Cl)cc1. The fourth-order valence-corrected chi connectivity index (χ4v) is 1.83. The zero-order valence-corrected chi connectivity index (χ0v) is 12.0. The molecule has 0 heterocycles. The maximum Gasteiger partial charge on any atom is 0.189 e. The Morgan fingerprint density at radius 1 is 1.05 bits per heavy atom. The second-order valence-corrected chi connectivity index (χ2v) is 4.87. The third-order valence-electron chi connectivity index (χ3n) is 2.56. The van der Waals surface area contributed by atoms with Crippen LogP contribution in [-0.4, -0.2) is 5.11 Å². The summed E-state index contributed by atoms with van der Waals surface area (Å²) in [5, 5.41) is 4.25. The molecule has 5 heteroatoms. The molecule has 98 valence electrons. The molecule has 0 atom stereocenters. The van der Waals surface area contributed by atoms with Crippen LogP contribution in [0.5, 0.6) is 0 Å². The number of hydrazine groups is 1. The van der Waals surface area contributed by atoms with Gasteiger partial charge in [-0.25, -0.2) is 0 Å². The lowest BCUT2D eigenvalue weighted by Crippen LogP contribution is -2.33. The van der Waals surface area contributed by atoms with Gasteiger partial charge in [-0.15, -0.1) is 0 Å². The Morgan fingerprint density at radius 3 is 2.42 bits per heavy atom. The molecule has 0 unspecified atom stereocenters. The maximum atomic E-state index is 5.82. The van der Waals surface area contributed by atoms with Gasteiger partial charge in [-0.05, 0) is 55.0 Å². The highest BCUT2D eigenvalue weighted by Crippen LogP contribution is 2.14. The van der Waals surface area contributed by atoms with Crippen molar-refractivity contribution >= 4 is 40.3 Å². The van der Waals surface area contributed by atoms with Crippen LogP contribution in [0, 0.1) is 6.92 Å². The quantitative estimate of drug-likeness (QED) is 0.591. The van der Waals surface area contributed by atoms with Crippen LogP contribution in [0.15, 0.2) is 48.5 Å². The van der Waals surface area contributed by atoms with E-state index >= 15 is 0 Å². The molecule has 0 saturated carbocycles. The van der Waals surface area contributed by atoms with Gasteiger partial charge in [-0.1, -0.05) is 29.8 Å². The van der Waals surface area contributed by atoms with Gasteiger partial charge < -0.3 is 5.32 Å². The fraction of sp³-hybridized carbons (Fsp3) is 0.0714. The molecule has 0 aromatic heterocycles. The van der Waals surface area contributed by atoms with Gasteiger partial charge in [-0.2, -0.15) is 0 Å². The minimum atomic E-state index is 0.491. The van der Waals surface area contributed by atoms with E-state index in [-0.39, 0.29) is 0 Å². The van der Waals surface area contributed by atoms with Crippen molar-refractivity contribution in [2.24, 2.45) is 0 Å². The molecular weight excluding hydrogens is 278 g/mol. The molecule has 0 aliphatic carbocycles. The van der Waals surface area contributed by atoms with Gasteiger partial charge in [0.2, 0.25) is 0 Å². The third kappa shape index (κ3) is 4.12. The highest BCUT2D eigenvalue weighted by atomic mass is 35.5. The van der Waals surface area contributed by atoms with Crippen molar-refractivity contribution in [1.82, 2.24) is 5.43 Å². The minimum absolute atomic E-state index is 0.491. The first-order valence-corrected chi connectivity index (χ1v) is 6.58. The Kier molecular flexibility index (Phi) is 4.60. The number of rotatable bonds is 3. The highest BCUT2D eigenvalue weighted by Gasteiger charge is 1.99. The molecule has 0 saturated heterocycles. The first-order chi connectivity index (χ1) is 9.15. The number of para-hydroxylation sites is 1. The van der Waals surface area contributed by atoms with Gasteiger partial charge in [0.1, 0.15) is 0 Å². The Labute approximate surface area is 123 Å². The second-order valence-electron chi connectivity index (χ2n) is 4.03. The molecule has 3 N–H and O–H groups in total. The molecule has 0 amide bonds. The third-order valence-corrected chi connectivity index (χ3v) is 3.01. The van der Waals surface area contributed by atoms with E-state index in [0.29, 0.717) is 10.1 Å². The molecule has 0 aliphatic rings. The van der Waals surface area contributed by atoms with E-state index in [4.69, 9.17) is 23.8 Å². The van der Waals surface area contributed by atoms with Gasteiger partial charge in [0, 0.05) is 10.7 Å². The minimum Gasteiger partial charge on any atom is -0.331 e. The molecule has 0 fully saturated rings. The molecule has 2 rings (SSSR count). The van der Waals surface area contributed by atoms with E-state index in [1.165, 1.54) is 0 Å². The van der Waals surface area contributed by atoms with E-state index in [1.54, 1.807) is 12.1 Å². The molecular formula is C14H14ClN3S. The van der Waals surface area contributed by atoms with E-state index in [1.807, 2.05) is 43.3 Å². The number of nitrogens with one attached hydrogen (secondary N) is 3. The predicted octanol–water partition coefficient (Wildman–Crippen LogP) is 3.96. The molecule has 0 spiro atoms. The zero-order chi connectivity index (χ0) is 13.7. The summed E-state index contributed by atoms with van der Waals surface area (Å²) in [7, 11) is 0. The summed E-state index contributed by atoms with van der Waals surface area (Å²) in [6, 6.07) is 15.3. The van der Waals surface area contributed by atoms with Crippen molar-refractivity contribution in [2.45, 2.75) is 6.92 Å². The molecule has 2 aromatic carbocycles. The van der Waals surface area contributed by atoms with E-state index in [0.717, 1.165) is 16.9 Å². The summed E-state index contributed by atoms with van der Waals surface area (Å²) in [5.41, 5.74) is 9.02. The number of benzene rings is 2. The van der Waals surface area contributed by atoms with Crippen LogP contribution in [0.3, 0.4) is 0 Å². The Morgan fingerprint density at radius 2 is 1.74 bits per heavy atom. The summed E-state index contributed by atoms with van der Waals surface area (Å²) in [6.07, 6.45) is 0. The lowest BCUT2D eigenvalue weighted by atomic mass is 10.2. The number of aryl methyl sites for hydroxylation is 1. The summed E-state index contributed by atoms with van der Waals surface area (Å²) in [5.74, 6) is 0. The van der Waals surface area contributed by atoms with Gasteiger partial charge in [0.25, 0.3) is 0 Å². The van der Waals surface area contributed by atoms with Crippen LogP contribution in [0.1, 0.15) is 5.56 Å². The monoisotopic (exact) mass is 291 g/mol. The van der Waals surface area contributed by atoms with Gasteiger partial charge in [-0.3, -0.25) is 10.9 Å². The lowest BCUT2D eigenvalue weighted by Gasteiger charge is -2.14. The van der Waals surface area contributed by atoms with Crippen molar-refractivity contribution in [1.29, 1.82) is 0 Å². The van der Waals surface area contributed by atoms with Crippen LogP contribution in [0.2, 0.25) is 5.02 Å². The second kappa shape index (κ2) is 6.41. The van der Waals surface area contributed by atoms with Crippen molar-refractivity contribution in [3.05, 3.63) is 59.1 Å². The van der Waals surface area contributed by atoms with Crippen molar-refractivity contribution in [3.8, 4) is 0 Å². The Balaban J connectivity index is 1.88. The van der Waals surface area contributed by atoms with E-state index in [9.17, 15) is 0 Å². The van der Waals surface area contributed by atoms with Crippen LogP contribution < -0.4 is 16.2 Å². The zero-order valence-electron chi connectivity index (χ0n) is 10.4. The van der Waals surface area contributed by atoms with Crippen molar-refractivity contribution in [3.63, 3.8) is 0 Å². The van der Waals surface area contributed by atoms with Gasteiger partial charge in [0.15, 0.2) is 5.11 Å². The summed E-state index contributed by atoms with van der Waals surface area (Å²) in [4.78, 5) is 0. The predicted molar refractivity (Wildman–Crippen MR) is 85.6 cm³/mol. The molecule has 3 nitrogen and oxygen atoms in total. The first kappa shape index (κ1) is 13.6. The summed E-state index contributed by atoms with van der Waals surface area (Å²) >= 11 is 11.0. The molecule has 0 radical (unpaired) electrons. The van der Waals surface area contributed by atoms with Gasteiger partial charge >= 0.3 is 0 Å². The smallest absolute Gasteiger partial charge is 0.189 e. The number of hydrogen-bond donors (Lipinski definition) is 3. The fourth-order valence-electron chi connectivity index (χ4n) is 1.53. The van der Waals surface area contributed by atoms with Crippen LogP contribution >= 0.6 is 23.8 Å².